The summed E-state index contributed by atoms with van der Waals surface area (Å²) in [5.74, 6) is 0.990. The molecular weight excluding hydrogens is 348 g/mol. The molecule has 0 spiro atoms. The quantitative estimate of drug-likeness (QED) is 0.509. The summed E-state index contributed by atoms with van der Waals surface area (Å²) in [5, 5.41) is 39.6. The van der Waals surface area contributed by atoms with Gasteiger partial charge in [-0.2, -0.15) is 0 Å². The molecule has 2 aromatic rings. The fourth-order valence-electron chi connectivity index (χ4n) is 2.97. The topological polar surface area (TPSA) is 99.4 Å². The average molecular weight is 376 g/mol. The first-order chi connectivity index (χ1) is 12.9. The van der Waals surface area contributed by atoms with E-state index < -0.39 is 12.2 Å². The molecule has 2 rings (SSSR count). The highest BCUT2D eigenvalue weighted by molar-refractivity contribution is 5.42. The maximum absolute atomic E-state index is 10.2. The lowest BCUT2D eigenvalue weighted by molar-refractivity contribution is 0.0714. The third-order valence-corrected chi connectivity index (χ3v) is 4.56. The van der Waals surface area contributed by atoms with E-state index in [0.717, 1.165) is 11.1 Å². The molecule has 0 aliphatic rings. The number of hydrogen-bond acceptors (Lipinski definition) is 6. The number of phenols is 2. The Bertz CT molecular complexity index is 669. The van der Waals surface area contributed by atoms with Gasteiger partial charge in [-0.15, -0.1) is 0 Å². The van der Waals surface area contributed by atoms with Gasteiger partial charge in [-0.3, -0.25) is 0 Å². The fraction of sp³-hybridized carbons (Fsp3) is 0.429. The van der Waals surface area contributed by atoms with E-state index in [1.165, 1.54) is 14.2 Å². The smallest absolute Gasteiger partial charge is 0.160 e. The van der Waals surface area contributed by atoms with E-state index in [4.69, 9.17) is 9.47 Å². The second-order valence-corrected chi connectivity index (χ2v) is 6.63. The van der Waals surface area contributed by atoms with Crippen molar-refractivity contribution in [1.82, 2.24) is 0 Å². The second-order valence-electron chi connectivity index (χ2n) is 6.63. The minimum absolute atomic E-state index is 0.0862. The number of benzene rings is 2. The second kappa shape index (κ2) is 10.0. The predicted octanol–water partition coefficient (Wildman–Crippen LogP) is 2.79. The van der Waals surface area contributed by atoms with Crippen LogP contribution in [0.15, 0.2) is 36.4 Å². The summed E-state index contributed by atoms with van der Waals surface area (Å²) < 4.78 is 10.2. The molecule has 0 aliphatic carbocycles. The van der Waals surface area contributed by atoms with Crippen LogP contribution in [0.25, 0.3) is 0 Å². The van der Waals surface area contributed by atoms with Crippen LogP contribution in [0.1, 0.15) is 30.4 Å². The molecule has 0 unspecified atom stereocenters. The van der Waals surface area contributed by atoms with Gasteiger partial charge in [-0.25, -0.2) is 0 Å². The average Bonchev–Trinajstić information content (AvgIpc) is 2.66. The Hall–Kier alpha value is -2.44. The number of rotatable bonds is 10. The van der Waals surface area contributed by atoms with Crippen LogP contribution in [0.2, 0.25) is 0 Å². The van der Waals surface area contributed by atoms with Crippen LogP contribution in [0.4, 0.5) is 0 Å². The van der Waals surface area contributed by atoms with Crippen molar-refractivity contribution in [1.29, 1.82) is 0 Å². The number of ether oxygens (including phenoxy) is 2. The number of methoxy groups -OCH3 is 2. The standard InChI is InChI=1S/C21H28O6/c1-26-20-11-14(5-9-18(20)24)3-7-16(22)13-17(23)8-4-15-6-10-19(25)21(12-15)27-2/h5-6,9-12,16-17,22-25H,3-4,7-8,13H2,1-2H3/t16-,17-/m0/s1. The van der Waals surface area contributed by atoms with Gasteiger partial charge >= 0.3 is 0 Å². The molecule has 0 saturated heterocycles. The third-order valence-electron chi connectivity index (χ3n) is 4.56. The van der Waals surface area contributed by atoms with Crippen LogP contribution in [0, 0.1) is 0 Å². The Morgan fingerprint density at radius 1 is 0.741 bits per heavy atom. The number of aromatic hydroxyl groups is 2. The van der Waals surface area contributed by atoms with Crippen LogP contribution in [-0.4, -0.2) is 46.9 Å². The van der Waals surface area contributed by atoms with Gasteiger partial charge in [0.1, 0.15) is 0 Å². The zero-order valence-corrected chi connectivity index (χ0v) is 15.8. The van der Waals surface area contributed by atoms with Gasteiger partial charge in [0.15, 0.2) is 23.0 Å². The van der Waals surface area contributed by atoms with Crippen molar-refractivity contribution in [2.45, 2.75) is 44.3 Å². The van der Waals surface area contributed by atoms with Crippen molar-refractivity contribution < 1.29 is 29.9 Å². The molecule has 4 N–H and O–H groups in total. The van der Waals surface area contributed by atoms with Crippen LogP contribution in [0.3, 0.4) is 0 Å². The summed E-state index contributed by atoms with van der Waals surface area (Å²) in [6.07, 6.45) is 1.34. The van der Waals surface area contributed by atoms with Gasteiger partial charge < -0.3 is 29.9 Å². The Morgan fingerprint density at radius 3 is 1.52 bits per heavy atom. The third kappa shape index (κ3) is 6.34. The minimum atomic E-state index is -0.617. The molecule has 2 aromatic carbocycles. The molecule has 0 aromatic heterocycles. The van der Waals surface area contributed by atoms with Crippen molar-refractivity contribution in [2.24, 2.45) is 0 Å². The van der Waals surface area contributed by atoms with Crippen molar-refractivity contribution in [2.75, 3.05) is 14.2 Å². The Morgan fingerprint density at radius 2 is 1.15 bits per heavy atom. The predicted molar refractivity (Wildman–Crippen MR) is 103 cm³/mol. The highest BCUT2D eigenvalue weighted by Gasteiger charge is 2.13. The van der Waals surface area contributed by atoms with Gasteiger partial charge in [0.2, 0.25) is 0 Å². The molecule has 0 saturated carbocycles. The first-order valence-corrected chi connectivity index (χ1v) is 9.00. The van der Waals surface area contributed by atoms with Crippen LogP contribution >= 0.6 is 0 Å². The van der Waals surface area contributed by atoms with Crippen molar-refractivity contribution in [3.8, 4) is 23.0 Å². The molecule has 0 amide bonds. The number of aliphatic hydroxyl groups is 2. The highest BCUT2D eigenvalue weighted by Crippen LogP contribution is 2.28. The Kier molecular flexibility index (Phi) is 7.76. The lowest BCUT2D eigenvalue weighted by atomic mass is 9.99. The summed E-state index contributed by atoms with van der Waals surface area (Å²) >= 11 is 0. The number of aliphatic hydroxyl groups excluding tert-OH is 2. The molecular formula is C21H28O6. The molecule has 0 heterocycles. The molecule has 148 valence electrons. The molecule has 0 aliphatic heterocycles. The molecule has 27 heavy (non-hydrogen) atoms. The van der Waals surface area contributed by atoms with Crippen LogP contribution < -0.4 is 9.47 Å². The minimum Gasteiger partial charge on any atom is -0.504 e. The van der Waals surface area contributed by atoms with Crippen LogP contribution in [-0.2, 0) is 12.8 Å². The Labute approximate surface area is 159 Å². The van der Waals surface area contributed by atoms with Crippen molar-refractivity contribution in [3.63, 3.8) is 0 Å². The van der Waals surface area contributed by atoms with Gasteiger partial charge in [0, 0.05) is 0 Å². The summed E-state index contributed by atoms with van der Waals surface area (Å²) in [5.41, 5.74) is 1.91. The van der Waals surface area contributed by atoms with Gasteiger partial charge in [-0.05, 0) is 67.5 Å². The largest absolute Gasteiger partial charge is 0.504 e. The SMILES string of the molecule is COc1cc(CC[C@H](O)C[C@@H](O)CCc2ccc(O)c(OC)c2)ccc1O. The zero-order valence-electron chi connectivity index (χ0n) is 15.8. The van der Waals surface area contributed by atoms with E-state index in [-0.39, 0.29) is 11.5 Å². The maximum Gasteiger partial charge on any atom is 0.160 e. The molecule has 0 bridgehead atoms. The normalized spacial score (nSPS) is 13.2. The number of aryl methyl sites for hydroxylation is 2. The highest BCUT2D eigenvalue weighted by atomic mass is 16.5. The summed E-state index contributed by atoms with van der Waals surface area (Å²) in [7, 11) is 2.99. The first kappa shape index (κ1) is 20.9. The molecule has 0 radical (unpaired) electrons. The zero-order chi connectivity index (χ0) is 19.8. The number of phenolic OH excluding ortho intramolecular Hbond substituents is 2. The van der Waals surface area contributed by atoms with E-state index in [2.05, 4.69) is 0 Å². The van der Waals surface area contributed by atoms with Gasteiger partial charge in [-0.1, -0.05) is 12.1 Å². The van der Waals surface area contributed by atoms with E-state index >= 15 is 0 Å². The lowest BCUT2D eigenvalue weighted by Gasteiger charge is -2.16. The molecule has 6 nitrogen and oxygen atoms in total. The van der Waals surface area contributed by atoms with Gasteiger partial charge in [0.25, 0.3) is 0 Å². The Balaban J connectivity index is 1.77. The molecule has 6 heteroatoms. The summed E-state index contributed by atoms with van der Waals surface area (Å²) in [4.78, 5) is 0. The van der Waals surface area contributed by atoms with E-state index in [0.29, 0.717) is 43.6 Å². The summed E-state index contributed by atoms with van der Waals surface area (Å²) in [6, 6.07) is 10.2. The van der Waals surface area contributed by atoms with Gasteiger partial charge in [0.05, 0.1) is 26.4 Å². The van der Waals surface area contributed by atoms with Crippen molar-refractivity contribution in [3.05, 3.63) is 47.5 Å². The molecule has 0 fully saturated rings. The van der Waals surface area contributed by atoms with Crippen molar-refractivity contribution >= 4 is 0 Å². The fourth-order valence-corrected chi connectivity index (χ4v) is 2.97. The summed E-state index contributed by atoms with van der Waals surface area (Å²) in [6.45, 7) is 0. The first-order valence-electron chi connectivity index (χ1n) is 9.00. The lowest BCUT2D eigenvalue weighted by Crippen LogP contribution is -2.19. The monoisotopic (exact) mass is 376 g/mol. The van der Waals surface area contributed by atoms with E-state index in [1.54, 1.807) is 36.4 Å². The van der Waals surface area contributed by atoms with Crippen LogP contribution in [0.5, 0.6) is 23.0 Å². The van der Waals surface area contributed by atoms with E-state index in [9.17, 15) is 20.4 Å². The van der Waals surface area contributed by atoms with E-state index in [1.807, 2.05) is 0 Å². The molecule has 2 atom stereocenters. The maximum atomic E-state index is 10.2. The number of hydrogen-bond donors (Lipinski definition) is 4.